The van der Waals surface area contributed by atoms with Gasteiger partial charge in [-0.3, -0.25) is 4.90 Å². The molecule has 1 aromatic rings. The van der Waals surface area contributed by atoms with Gasteiger partial charge in [-0.25, -0.2) is 4.79 Å². The fourth-order valence-electron chi connectivity index (χ4n) is 2.71. The van der Waals surface area contributed by atoms with Crippen molar-refractivity contribution in [2.75, 3.05) is 39.3 Å². The highest BCUT2D eigenvalue weighted by atomic mass is 16.2. The Morgan fingerprint density at radius 1 is 1.15 bits per heavy atom. The lowest BCUT2D eigenvalue weighted by atomic mass is 10.1. The maximum Gasteiger partial charge on any atom is 0.317 e. The van der Waals surface area contributed by atoms with Crippen LogP contribution in [0.4, 0.5) is 4.79 Å². The van der Waals surface area contributed by atoms with E-state index in [0.29, 0.717) is 12.6 Å². The molecule has 2 N–H and O–H groups in total. The van der Waals surface area contributed by atoms with E-state index in [1.807, 2.05) is 35.2 Å². The van der Waals surface area contributed by atoms with E-state index in [1.165, 1.54) is 0 Å². The van der Waals surface area contributed by atoms with Crippen molar-refractivity contribution in [1.82, 2.24) is 20.4 Å². The average Bonchev–Trinajstić information content (AvgIpc) is 2.45. The van der Waals surface area contributed by atoms with Gasteiger partial charge in [-0.2, -0.15) is 0 Å². The number of nitrogens with one attached hydrogen (secondary N) is 2. The van der Waals surface area contributed by atoms with E-state index < -0.39 is 0 Å². The molecule has 0 unspecified atom stereocenters. The zero-order valence-corrected chi connectivity index (χ0v) is 11.7. The summed E-state index contributed by atoms with van der Waals surface area (Å²) in [7, 11) is 0. The van der Waals surface area contributed by atoms with Crippen molar-refractivity contribution in [1.29, 1.82) is 0 Å². The molecule has 2 aliphatic rings. The Morgan fingerprint density at radius 3 is 2.45 bits per heavy atom. The molecule has 1 aromatic carbocycles. The summed E-state index contributed by atoms with van der Waals surface area (Å²) in [4.78, 5) is 16.5. The van der Waals surface area contributed by atoms with Gasteiger partial charge in [0.05, 0.1) is 0 Å². The molecule has 0 radical (unpaired) electrons. The number of amides is 2. The molecular weight excluding hydrogens is 252 g/mol. The Bertz CT molecular complexity index is 438. The Kier molecular flexibility index (Phi) is 4.18. The van der Waals surface area contributed by atoms with Gasteiger partial charge in [0, 0.05) is 51.9 Å². The summed E-state index contributed by atoms with van der Waals surface area (Å²) in [5, 5.41) is 6.29. The molecule has 0 atom stereocenters. The van der Waals surface area contributed by atoms with Crippen LogP contribution in [0.1, 0.15) is 5.56 Å². The predicted octanol–water partition coefficient (Wildman–Crippen LogP) is 0.486. The summed E-state index contributed by atoms with van der Waals surface area (Å²) in [6, 6.07) is 10.8. The summed E-state index contributed by atoms with van der Waals surface area (Å²) in [5.74, 6) is 0. The van der Waals surface area contributed by atoms with Gasteiger partial charge in [0.25, 0.3) is 0 Å². The van der Waals surface area contributed by atoms with Gasteiger partial charge in [-0.05, 0) is 5.56 Å². The van der Waals surface area contributed by atoms with Crippen LogP contribution in [0, 0.1) is 0 Å². The smallest absolute Gasteiger partial charge is 0.317 e. The molecule has 20 heavy (non-hydrogen) atoms. The second-order valence-electron chi connectivity index (χ2n) is 5.48. The van der Waals surface area contributed by atoms with Crippen LogP contribution >= 0.6 is 0 Å². The van der Waals surface area contributed by atoms with Crippen molar-refractivity contribution >= 4 is 6.03 Å². The van der Waals surface area contributed by atoms with Gasteiger partial charge in [0.15, 0.2) is 0 Å². The monoisotopic (exact) mass is 274 g/mol. The van der Waals surface area contributed by atoms with Gasteiger partial charge in [0.2, 0.25) is 0 Å². The van der Waals surface area contributed by atoms with Gasteiger partial charge >= 0.3 is 6.03 Å². The van der Waals surface area contributed by atoms with Gasteiger partial charge in [-0.1, -0.05) is 30.3 Å². The molecule has 2 amide bonds. The quantitative estimate of drug-likeness (QED) is 0.843. The van der Waals surface area contributed by atoms with E-state index in [1.54, 1.807) is 0 Å². The Labute approximate surface area is 119 Å². The molecule has 2 saturated heterocycles. The Morgan fingerprint density at radius 2 is 1.85 bits per heavy atom. The van der Waals surface area contributed by atoms with Crippen LogP contribution in [0.3, 0.4) is 0 Å². The largest absolute Gasteiger partial charge is 0.334 e. The number of benzene rings is 1. The third kappa shape index (κ3) is 3.11. The predicted molar refractivity (Wildman–Crippen MR) is 78.5 cm³/mol. The molecule has 0 bridgehead atoms. The number of urea groups is 1. The average molecular weight is 274 g/mol. The maximum absolute atomic E-state index is 12.1. The zero-order chi connectivity index (χ0) is 13.8. The van der Waals surface area contributed by atoms with Crippen molar-refractivity contribution in [3.8, 4) is 0 Å². The van der Waals surface area contributed by atoms with Crippen molar-refractivity contribution in [3.05, 3.63) is 35.9 Å². The van der Waals surface area contributed by atoms with E-state index in [0.717, 1.165) is 44.8 Å². The van der Waals surface area contributed by atoms with Gasteiger partial charge in [0.1, 0.15) is 0 Å². The molecule has 2 heterocycles. The van der Waals surface area contributed by atoms with Crippen LogP contribution in [0.25, 0.3) is 0 Å². The molecule has 2 fully saturated rings. The Hall–Kier alpha value is -1.59. The van der Waals surface area contributed by atoms with E-state index >= 15 is 0 Å². The fourth-order valence-corrected chi connectivity index (χ4v) is 2.71. The summed E-state index contributed by atoms with van der Waals surface area (Å²) < 4.78 is 0. The maximum atomic E-state index is 12.1. The van der Waals surface area contributed by atoms with Crippen molar-refractivity contribution < 1.29 is 4.79 Å². The Balaban J connectivity index is 1.42. The van der Waals surface area contributed by atoms with Crippen LogP contribution < -0.4 is 10.6 Å². The first-order chi connectivity index (χ1) is 9.83. The van der Waals surface area contributed by atoms with Crippen molar-refractivity contribution in [2.24, 2.45) is 0 Å². The lowest BCUT2D eigenvalue weighted by molar-refractivity contribution is 0.0843. The molecule has 0 aliphatic carbocycles. The SMILES string of the molecule is O=C(NCc1ccccc1)N1CCN(C2CNC2)CC1. The first kappa shape index (κ1) is 13.4. The van der Waals surface area contributed by atoms with E-state index in [2.05, 4.69) is 15.5 Å². The minimum Gasteiger partial charge on any atom is -0.334 e. The molecule has 3 rings (SSSR count). The topological polar surface area (TPSA) is 47.6 Å². The fraction of sp³-hybridized carbons (Fsp3) is 0.533. The van der Waals surface area contributed by atoms with Crippen LogP contribution in [0.2, 0.25) is 0 Å². The summed E-state index contributed by atoms with van der Waals surface area (Å²) >= 11 is 0. The normalized spacial score (nSPS) is 20.5. The molecular formula is C15H22N4O. The van der Waals surface area contributed by atoms with E-state index in [4.69, 9.17) is 0 Å². The lowest BCUT2D eigenvalue weighted by Gasteiger charge is -2.43. The first-order valence-electron chi connectivity index (χ1n) is 7.34. The summed E-state index contributed by atoms with van der Waals surface area (Å²) in [5.41, 5.74) is 1.14. The van der Waals surface area contributed by atoms with Crippen molar-refractivity contribution in [2.45, 2.75) is 12.6 Å². The highest BCUT2D eigenvalue weighted by Gasteiger charge is 2.28. The molecule has 5 nitrogen and oxygen atoms in total. The minimum atomic E-state index is 0.0558. The molecule has 5 heteroatoms. The number of piperazine rings is 1. The lowest BCUT2D eigenvalue weighted by Crippen LogP contribution is -2.62. The number of carbonyl (C=O) groups excluding carboxylic acids is 1. The molecule has 108 valence electrons. The second kappa shape index (κ2) is 6.24. The third-order valence-electron chi connectivity index (χ3n) is 4.16. The summed E-state index contributed by atoms with van der Waals surface area (Å²) in [6.45, 7) is 6.44. The van der Waals surface area contributed by atoms with Crippen molar-refractivity contribution in [3.63, 3.8) is 0 Å². The molecule has 0 aromatic heterocycles. The number of carbonyl (C=O) groups is 1. The zero-order valence-electron chi connectivity index (χ0n) is 11.7. The number of nitrogens with zero attached hydrogens (tertiary/aromatic N) is 2. The first-order valence-corrected chi connectivity index (χ1v) is 7.34. The standard InChI is InChI=1S/C15H22N4O/c20-15(17-10-13-4-2-1-3-5-13)19-8-6-18(7-9-19)14-11-16-12-14/h1-5,14,16H,6-12H2,(H,17,20). The van der Waals surface area contributed by atoms with Gasteiger partial charge in [-0.15, -0.1) is 0 Å². The van der Waals surface area contributed by atoms with Crippen LogP contribution in [-0.4, -0.2) is 61.1 Å². The molecule has 2 aliphatic heterocycles. The number of hydrogen-bond acceptors (Lipinski definition) is 3. The van der Waals surface area contributed by atoms with Crippen LogP contribution in [0.15, 0.2) is 30.3 Å². The highest BCUT2D eigenvalue weighted by Crippen LogP contribution is 2.09. The number of hydrogen-bond donors (Lipinski definition) is 2. The van der Waals surface area contributed by atoms with Crippen LogP contribution in [-0.2, 0) is 6.54 Å². The highest BCUT2D eigenvalue weighted by molar-refractivity contribution is 5.74. The van der Waals surface area contributed by atoms with E-state index in [9.17, 15) is 4.79 Å². The second-order valence-corrected chi connectivity index (χ2v) is 5.48. The summed E-state index contributed by atoms with van der Waals surface area (Å²) in [6.07, 6.45) is 0. The number of rotatable bonds is 3. The molecule has 0 saturated carbocycles. The third-order valence-corrected chi connectivity index (χ3v) is 4.16. The van der Waals surface area contributed by atoms with E-state index in [-0.39, 0.29) is 6.03 Å². The van der Waals surface area contributed by atoms with Gasteiger partial charge < -0.3 is 15.5 Å². The van der Waals surface area contributed by atoms with Crippen LogP contribution in [0.5, 0.6) is 0 Å². The minimum absolute atomic E-state index is 0.0558. The molecule has 0 spiro atoms.